The van der Waals surface area contributed by atoms with Crippen molar-refractivity contribution in [3.8, 4) is 0 Å². The zero-order valence-corrected chi connectivity index (χ0v) is 12.6. The van der Waals surface area contributed by atoms with E-state index in [0.717, 1.165) is 19.4 Å². The molecule has 1 amide bonds. The highest BCUT2D eigenvalue weighted by Gasteiger charge is 2.39. The van der Waals surface area contributed by atoms with Crippen molar-refractivity contribution in [3.05, 3.63) is 0 Å². The second-order valence-corrected chi connectivity index (χ2v) is 7.38. The van der Waals surface area contributed by atoms with E-state index in [1.165, 1.54) is 19.3 Å². The van der Waals surface area contributed by atoms with Gasteiger partial charge in [0.1, 0.15) is 0 Å². The second-order valence-electron chi connectivity index (χ2n) is 6.30. The van der Waals surface area contributed by atoms with Gasteiger partial charge in [0.25, 0.3) is 0 Å². The summed E-state index contributed by atoms with van der Waals surface area (Å²) >= 11 is 1.89. The summed E-state index contributed by atoms with van der Waals surface area (Å²) in [5, 5.41) is 7.29. The third-order valence-corrected chi connectivity index (χ3v) is 5.64. The second kappa shape index (κ2) is 5.83. The predicted octanol–water partition coefficient (Wildman–Crippen LogP) is 2.16. The maximum atomic E-state index is 12.4. The first-order valence-electron chi connectivity index (χ1n) is 7.11. The quantitative estimate of drug-likeness (QED) is 0.826. The van der Waals surface area contributed by atoms with Crippen LogP contribution in [0.25, 0.3) is 0 Å². The van der Waals surface area contributed by atoms with Crippen molar-refractivity contribution in [2.45, 2.75) is 63.3 Å². The van der Waals surface area contributed by atoms with Gasteiger partial charge in [0.2, 0.25) is 5.91 Å². The van der Waals surface area contributed by atoms with E-state index < -0.39 is 0 Å². The molecule has 18 heavy (non-hydrogen) atoms. The fourth-order valence-corrected chi connectivity index (χ4v) is 4.23. The minimum Gasteiger partial charge on any atom is -0.351 e. The van der Waals surface area contributed by atoms with Gasteiger partial charge in [-0.1, -0.05) is 20.3 Å². The molecule has 0 radical (unpaired) electrons. The van der Waals surface area contributed by atoms with Crippen molar-refractivity contribution in [2.24, 2.45) is 5.41 Å². The van der Waals surface area contributed by atoms with Gasteiger partial charge in [-0.25, -0.2) is 0 Å². The van der Waals surface area contributed by atoms with Crippen LogP contribution in [0, 0.1) is 5.41 Å². The van der Waals surface area contributed by atoms with E-state index in [2.05, 4.69) is 30.7 Å². The van der Waals surface area contributed by atoms with Crippen LogP contribution in [0.15, 0.2) is 0 Å². The molecule has 2 fully saturated rings. The summed E-state index contributed by atoms with van der Waals surface area (Å²) in [4.78, 5) is 12.4. The molecule has 3 nitrogen and oxygen atoms in total. The fraction of sp³-hybridized carbons (Fsp3) is 0.929. The predicted molar refractivity (Wildman–Crippen MR) is 77.9 cm³/mol. The molecule has 1 aliphatic carbocycles. The SMILES string of the molecule is CSC1CCCC1NC(=O)C1NCCCC1(C)C. The largest absolute Gasteiger partial charge is 0.351 e. The normalized spacial score (nSPS) is 35.4. The van der Waals surface area contributed by atoms with Crippen molar-refractivity contribution in [3.63, 3.8) is 0 Å². The van der Waals surface area contributed by atoms with Crippen LogP contribution in [-0.4, -0.2) is 36.0 Å². The molecule has 2 aliphatic rings. The summed E-state index contributed by atoms with van der Waals surface area (Å²) in [5.74, 6) is 0.214. The Hall–Kier alpha value is -0.220. The molecule has 104 valence electrons. The smallest absolute Gasteiger partial charge is 0.237 e. The first-order chi connectivity index (χ1) is 8.54. The molecule has 1 saturated carbocycles. The number of hydrogen-bond donors (Lipinski definition) is 2. The van der Waals surface area contributed by atoms with E-state index in [0.29, 0.717) is 11.3 Å². The molecule has 0 aromatic carbocycles. The van der Waals surface area contributed by atoms with Crippen LogP contribution in [0.3, 0.4) is 0 Å². The first kappa shape index (κ1) is 14.2. The van der Waals surface area contributed by atoms with Crippen molar-refractivity contribution in [1.82, 2.24) is 10.6 Å². The maximum Gasteiger partial charge on any atom is 0.237 e. The molecule has 1 saturated heterocycles. The van der Waals surface area contributed by atoms with Gasteiger partial charge >= 0.3 is 0 Å². The van der Waals surface area contributed by atoms with E-state index >= 15 is 0 Å². The number of hydrogen-bond acceptors (Lipinski definition) is 3. The number of amides is 1. The van der Waals surface area contributed by atoms with Crippen molar-refractivity contribution in [1.29, 1.82) is 0 Å². The van der Waals surface area contributed by atoms with Gasteiger partial charge in [-0.2, -0.15) is 11.8 Å². The van der Waals surface area contributed by atoms with Crippen LogP contribution in [0.2, 0.25) is 0 Å². The highest BCUT2D eigenvalue weighted by Crippen LogP contribution is 2.32. The van der Waals surface area contributed by atoms with Gasteiger partial charge in [-0.05, 0) is 43.9 Å². The first-order valence-corrected chi connectivity index (χ1v) is 8.40. The fourth-order valence-electron chi connectivity index (χ4n) is 3.30. The molecule has 0 bridgehead atoms. The lowest BCUT2D eigenvalue weighted by Crippen LogP contribution is -2.57. The summed E-state index contributed by atoms with van der Waals surface area (Å²) in [6.45, 7) is 5.37. The Morgan fingerprint density at radius 3 is 2.78 bits per heavy atom. The van der Waals surface area contributed by atoms with E-state index in [-0.39, 0.29) is 17.4 Å². The summed E-state index contributed by atoms with van der Waals surface area (Å²) in [6.07, 6.45) is 8.09. The minimum absolute atomic E-state index is 0.0191. The minimum atomic E-state index is -0.0191. The third-order valence-electron chi connectivity index (χ3n) is 4.47. The average molecular weight is 270 g/mol. The van der Waals surface area contributed by atoms with Crippen molar-refractivity contribution in [2.75, 3.05) is 12.8 Å². The summed E-state index contributed by atoms with van der Waals surface area (Å²) < 4.78 is 0. The highest BCUT2D eigenvalue weighted by molar-refractivity contribution is 7.99. The van der Waals surface area contributed by atoms with E-state index in [9.17, 15) is 4.79 Å². The molecule has 1 aliphatic heterocycles. The standard InChI is InChI=1S/C14H26N2OS/c1-14(2)8-5-9-15-12(14)13(17)16-10-6-4-7-11(10)18-3/h10-12,15H,4-9H2,1-3H3,(H,16,17). The molecule has 2 N–H and O–H groups in total. The Labute approximate surface area is 115 Å². The Morgan fingerprint density at radius 2 is 2.11 bits per heavy atom. The molecule has 3 unspecified atom stereocenters. The van der Waals surface area contributed by atoms with Gasteiger partial charge in [0.05, 0.1) is 6.04 Å². The van der Waals surface area contributed by atoms with Crippen molar-refractivity contribution < 1.29 is 4.79 Å². The topological polar surface area (TPSA) is 41.1 Å². The van der Waals surface area contributed by atoms with Gasteiger partial charge in [-0.3, -0.25) is 4.79 Å². The number of carbonyl (C=O) groups is 1. The van der Waals surface area contributed by atoms with Gasteiger partial charge in [0, 0.05) is 11.3 Å². The van der Waals surface area contributed by atoms with E-state index in [1.54, 1.807) is 0 Å². The third kappa shape index (κ3) is 3.02. The lowest BCUT2D eigenvalue weighted by atomic mass is 9.77. The molecule has 2 rings (SSSR count). The Morgan fingerprint density at radius 1 is 1.33 bits per heavy atom. The maximum absolute atomic E-state index is 12.4. The summed E-state index contributed by atoms with van der Waals surface area (Å²) in [7, 11) is 0. The lowest BCUT2D eigenvalue weighted by molar-refractivity contribution is -0.127. The Bertz CT molecular complexity index is 306. The zero-order valence-electron chi connectivity index (χ0n) is 11.8. The molecule has 0 aromatic rings. The van der Waals surface area contributed by atoms with E-state index in [4.69, 9.17) is 0 Å². The van der Waals surface area contributed by atoms with Gasteiger partial charge < -0.3 is 10.6 Å². The monoisotopic (exact) mass is 270 g/mol. The molecular formula is C14H26N2OS. The van der Waals surface area contributed by atoms with Crippen LogP contribution in [0.1, 0.15) is 46.0 Å². The van der Waals surface area contributed by atoms with Gasteiger partial charge in [0.15, 0.2) is 0 Å². The average Bonchev–Trinajstić information content (AvgIpc) is 2.75. The van der Waals surface area contributed by atoms with Crippen LogP contribution in [-0.2, 0) is 4.79 Å². The van der Waals surface area contributed by atoms with Crippen LogP contribution in [0.5, 0.6) is 0 Å². The molecule has 1 heterocycles. The number of rotatable bonds is 3. The Balaban J connectivity index is 1.94. The van der Waals surface area contributed by atoms with E-state index in [1.807, 2.05) is 11.8 Å². The van der Waals surface area contributed by atoms with Crippen LogP contribution >= 0.6 is 11.8 Å². The van der Waals surface area contributed by atoms with Crippen LogP contribution < -0.4 is 10.6 Å². The molecule has 3 atom stereocenters. The lowest BCUT2D eigenvalue weighted by Gasteiger charge is -2.39. The number of nitrogens with one attached hydrogen (secondary N) is 2. The number of piperidine rings is 1. The zero-order chi connectivity index (χ0) is 13.2. The highest BCUT2D eigenvalue weighted by atomic mass is 32.2. The summed E-state index contributed by atoms with van der Waals surface area (Å²) in [5.41, 5.74) is 0.0792. The number of carbonyl (C=O) groups excluding carboxylic acids is 1. The molecular weight excluding hydrogens is 244 g/mol. The Kier molecular flexibility index (Phi) is 4.59. The van der Waals surface area contributed by atoms with Crippen molar-refractivity contribution >= 4 is 17.7 Å². The number of thioether (sulfide) groups is 1. The van der Waals surface area contributed by atoms with Gasteiger partial charge in [-0.15, -0.1) is 0 Å². The van der Waals surface area contributed by atoms with Crippen LogP contribution in [0.4, 0.5) is 0 Å². The molecule has 0 aromatic heterocycles. The molecule has 4 heteroatoms. The molecule has 0 spiro atoms. The summed E-state index contributed by atoms with van der Waals surface area (Å²) in [6, 6.07) is 0.362.